The van der Waals surface area contributed by atoms with Crippen molar-refractivity contribution in [1.29, 1.82) is 0 Å². The topological polar surface area (TPSA) is 60.5 Å². The molecule has 1 N–H and O–H groups in total. The van der Waals surface area contributed by atoms with Crippen LogP contribution < -0.4 is 10.1 Å². The molecule has 1 amide bonds. The van der Waals surface area contributed by atoms with E-state index in [-0.39, 0.29) is 0 Å². The van der Waals surface area contributed by atoms with Gasteiger partial charge in [0.25, 0.3) is 0 Å². The van der Waals surface area contributed by atoms with E-state index in [1.165, 1.54) is 0 Å². The number of hydrogen-bond donors (Lipinski definition) is 1. The van der Waals surface area contributed by atoms with Crippen molar-refractivity contribution in [1.82, 2.24) is 4.98 Å². The smallest absolute Gasteiger partial charge is 0.412 e. The molecule has 2 aromatic rings. The number of pyridine rings is 1. The molecule has 0 aliphatic rings. The van der Waals surface area contributed by atoms with Gasteiger partial charge in [-0.2, -0.15) is 0 Å². The first-order chi connectivity index (χ1) is 10.4. The number of nitrogens with zero attached hydrogens (tertiary/aromatic N) is 1. The molecule has 0 bridgehead atoms. The summed E-state index contributed by atoms with van der Waals surface area (Å²) in [6, 6.07) is 13.1. The average Bonchev–Trinajstić information content (AvgIpc) is 2.44. The van der Waals surface area contributed by atoms with E-state index in [1.807, 2.05) is 51.1 Å². The van der Waals surface area contributed by atoms with Crippen LogP contribution in [0.5, 0.6) is 5.88 Å². The molecule has 2 rings (SSSR count). The van der Waals surface area contributed by atoms with Crippen LogP contribution in [0.25, 0.3) is 0 Å². The van der Waals surface area contributed by atoms with E-state index in [1.54, 1.807) is 18.3 Å². The highest BCUT2D eigenvalue weighted by Crippen LogP contribution is 2.17. The Morgan fingerprint density at radius 2 is 1.91 bits per heavy atom. The summed E-state index contributed by atoms with van der Waals surface area (Å²) in [5.41, 5.74) is 1.09. The Bertz CT molecular complexity index is 621. The molecular weight excluding hydrogens is 280 g/mol. The van der Waals surface area contributed by atoms with Gasteiger partial charge < -0.3 is 9.47 Å². The predicted molar refractivity (Wildman–Crippen MR) is 84.9 cm³/mol. The van der Waals surface area contributed by atoms with Crippen LogP contribution in [-0.4, -0.2) is 16.7 Å². The fourth-order valence-electron chi connectivity index (χ4n) is 1.72. The number of rotatable bonds is 4. The highest BCUT2D eigenvalue weighted by atomic mass is 16.6. The zero-order chi connectivity index (χ0) is 16.0. The largest absolute Gasteiger partial charge is 0.473 e. The molecule has 0 radical (unpaired) electrons. The summed E-state index contributed by atoms with van der Waals surface area (Å²) in [7, 11) is 0. The Labute approximate surface area is 130 Å². The monoisotopic (exact) mass is 300 g/mol. The van der Waals surface area contributed by atoms with Crippen LogP contribution in [0.1, 0.15) is 26.3 Å². The molecule has 116 valence electrons. The van der Waals surface area contributed by atoms with E-state index in [4.69, 9.17) is 9.47 Å². The van der Waals surface area contributed by atoms with Gasteiger partial charge in [-0.3, -0.25) is 5.32 Å². The van der Waals surface area contributed by atoms with Gasteiger partial charge in [0, 0.05) is 12.3 Å². The minimum absolute atomic E-state index is 0.420. The Morgan fingerprint density at radius 3 is 2.59 bits per heavy atom. The van der Waals surface area contributed by atoms with Gasteiger partial charge in [-0.05, 0) is 32.4 Å². The third-order valence-electron chi connectivity index (χ3n) is 2.61. The second-order valence-electron chi connectivity index (χ2n) is 5.78. The lowest BCUT2D eigenvalue weighted by molar-refractivity contribution is 0.0636. The molecule has 5 nitrogen and oxygen atoms in total. The molecule has 0 fully saturated rings. The zero-order valence-electron chi connectivity index (χ0n) is 13.0. The predicted octanol–water partition coefficient (Wildman–Crippen LogP) is 4.01. The average molecular weight is 300 g/mol. The SMILES string of the molecule is CC(C)(C)OC(=O)Nc1ccnc(OCc2ccccc2)c1. The van der Waals surface area contributed by atoms with Gasteiger partial charge in [0.2, 0.25) is 5.88 Å². The maximum Gasteiger partial charge on any atom is 0.412 e. The normalized spacial score (nSPS) is 10.9. The van der Waals surface area contributed by atoms with Crippen molar-refractivity contribution in [3.8, 4) is 5.88 Å². The van der Waals surface area contributed by atoms with Crippen LogP contribution in [-0.2, 0) is 11.3 Å². The van der Waals surface area contributed by atoms with Crippen molar-refractivity contribution in [3.63, 3.8) is 0 Å². The number of carbonyl (C=O) groups excluding carboxylic acids is 1. The summed E-state index contributed by atoms with van der Waals surface area (Å²) in [5, 5.41) is 2.66. The van der Waals surface area contributed by atoms with E-state index >= 15 is 0 Å². The van der Waals surface area contributed by atoms with Crippen molar-refractivity contribution in [2.45, 2.75) is 33.0 Å². The van der Waals surface area contributed by atoms with Gasteiger partial charge in [-0.25, -0.2) is 9.78 Å². The van der Waals surface area contributed by atoms with E-state index < -0.39 is 11.7 Å². The summed E-state index contributed by atoms with van der Waals surface area (Å²) in [4.78, 5) is 15.8. The first-order valence-corrected chi connectivity index (χ1v) is 7.05. The van der Waals surface area contributed by atoms with Crippen LogP contribution in [0.2, 0.25) is 0 Å². The van der Waals surface area contributed by atoms with Gasteiger partial charge in [-0.1, -0.05) is 30.3 Å². The third-order valence-corrected chi connectivity index (χ3v) is 2.61. The van der Waals surface area contributed by atoms with E-state index in [0.29, 0.717) is 18.2 Å². The van der Waals surface area contributed by atoms with Crippen LogP contribution >= 0.6 is 0 Å². The highest BCUT2D eigenvalue weighted by Gasteiger charge is 2.16. The molecule has 0 saturated heterocycles. The Morgan fingerprint density at radius 1 is 1.18 bits per heavy atom. The quantitative estimate of drug-likeness (QED) is 0.927. The lowest BCUT2D eigenvalue weighted by Crippen LogP contribution is -2.27. The number of benzene rings is 1. The number of carbonyl (C=O) groups is 1. The van der Waals surface area contributed by atoms with Gasteiger partial charge >= 0.3 is 6.09 Å². The van der Waals surface area contributed by atoms with Crippen LogP contribution in [0.4, 0.5) is 10.5 Å². The number of amides is 1. The fourth-order valence-corrected chi connectivity index (χ4v) is 1.72. The first kappa shape index (κ1) is 15.8. The number of hydrogen-bond acceptors (Lipinski definition) is 4. The van der Waals surface area contributed by atoms with Crippen molar-refractivity contribution < 1.29 is 14.3 Å². The second kappa shape index (κ2) is 6.93. The third kappa shape index (κ3) is 5.44. The lowest BCUT2D eigenvalue weighted by atomic mass is 10.2. The second-order valence-corrected chi connectivity index (χ2v) is 5.78. The number of aromatic nitrogens is 1. The molecule has 0 aliphatic heterocycles. The molecule has 0 saturated carbocycles. The molecule has 1 heterocycles. The Hall–Kier alpha value is -2.56. The van der Waals surface area contributed by atoms with E-state index in [9.17, 15) is 4.79 Å². The minimum atomic E-state index is -0.538. The van der Waals surface area contributed by atoms with E-state index in [0.717, 1.165) is 5.56 Å². The van der Waals surface area contributed by atoms with Crippen LogP contribution in [0.3, 0.4) is 0 Å². The maximum absolute atomic E-state index is 11.7. The standard InChI is InChI=1S/C17H20N2O3/c1-17(2,3)22-16(20)19-14-9-10-18-15(11-14)21-12-13-7-5-4-6-8-13/h4-11H,12H2,1-3H3,(H,18,19,20). The van der Waals surface area contributed by atoms with Crippen molar-refractivity contribution >= 4 is 11.8 Å². The first-order valence-electron chi connectivity index (χ1n) is 7.05. The molecule has 1 aromatic heterocycles. The minimum Gasteiger partial charge on any atom is -0.473 e. The number of anilines is 1. The lowest BCUT2D eigenvalue weighted by Gasteiger charge is -2.19. The Balaban J connectivity index is 1.94. The molecule has 0 spiro atoms. The Kier molecular flexibility index (Phi) is 4.99. The molecule has 5 heteroatoms. The fraction of sp³-hybridized carbons (Fsp3) is 0.294. The zero-order valence-corrected chi connectivity index (χ0v) is 13.0. The summed E-state index contributed by atoms with van der Waals surface area (Å²) in [5.74, 6) is 0.442. The van der Waals surface area contributed by atoms with E-state index in [2.05, 4.69) is 10.3 Å². The summed E-state index contributed by atoms with van der Waals surface area (Å²) < 4.78 is 10.8. The molecule has 1 aromatic carbocycles. The van der Waals surface area contributed by atoms with Gasteiger partial charge in [0.1, 0.15) is 12.2 Å². The van der Waals surface area contributed by atoms with Crippen molar-refractivity contribution in [3.05, 3.63) is 54.2 Å². The summed E-state index contributed by atoms with van der Waals surface area (Å²) >= 11 is 0. The van der Waals surface area contributed by atoms with Crippen molar-refractivity contribution in [2.24, 2.45) is 0 Å². The van der Waals surface area contributed by atoms with Crippen molar-refractivity contribution in [2.75, 3.05) is 5.32 Å². The molecule has 0 unspecified atom stereocenters. The summed E-state index contributed by atoms with van der Waals surface area (Å²) in [6.07, 6.45) is 1.07. The number of nitrogens with one attached hydrogen (secondary N) is 1. The molecule has 22 heavy (non-hydrogen) atoms. The summed E-state index contributed by atoms with van der Waals surface area (Å²) in [6.45, 7) is 5.86. The molecule has 0 atom stereocenters. The van der Waals surface area contributed by atoms with Gasteiger partial charge in [-0.15, -0.1) is 0 Å². The molecule has 0 aliphatic carbocycles. The maximum atomic E-state index is 11.7. The van der Waals surface area contributed by atoms with Crippen LogP contribution in [0.15, 0.2) is 48.7 Å². The van der Waals surface area contributed by atoms with Gasteiger partial charge in [0.05, 0.1) is 5.69 Å². The van der Waals surface area contributed by atoms with Gasteiger partial charge in [0.15, 0.2) is 0 Å². The molecular formula is C17H20N2O3. The van der Waals surface area contributed by atoms with Crippen LogP contribution in [0, 0.1) is 0 Å². The highest BCUT2D eigenvalue weighted by molar-refractivity contribution is 5.84. The number of ether oxygens (including phenoxy) is 2.